The summed E-state index contributed by atoms with van der Waals surface area (Å²) in [6, 6.07) is 59.2. The van der Waals surface area contributed by atoms with E-state index in [0.29, 0.717) is 17.5 Å². The van der Waals surface area contributed by atoms with Crippen LogP contribution in [0.4, 0.5) is 0 Å². The quantitative estimate of drug-likeness (QED) is 0.204. The summed E-state index contributed by atoms with van der Waals surface area (Å²) in [5.74, 6) is 1.91. The molecule has 0 atom stereocenters. The summed E-state index contributed by atoms with van der Waals surface area (Å²) in [5, 5.41) is 4.63. The first-order valence-corrected chi connectivity index (χ1v) is 16.8. The molecule has 3 aromatic heterocycles. The monoisotopic (exact) mass is 639 g/mol. The number of fused-ring (bicyclic) bond motifs is 6. The fraction of sp³-hybridized carbons (Fsp3) is 0. The van der Waals surface area contributed by atoms with Crippen LogP contribution >= 0.6 is 0 Å². The highest BCUT2D eigenvalue weighted by Crippen LogP contribution is 2.42. The van der Waals surface area contributed by atoms with Crippen molar-refractivity contribution in [3.05, 3.63) is 170 Å². The van der Waals surface area contributed by atoms with Gasteiger partial charge in [0.2, 0.25) is 0 Å². The number of hydrogen-bond acceptors (Lipinski definition) is 3. The number of rotatable bonds is 5. The summed E-state index contributed by atoms with van der Waals surface area (Å²) in [5.41, 5.74) is 10.6. The van der Waals surface area contributed by atoms with E-state index in [0.717, 1.165) is 66.3 Å². The van der Waals surface area contributed by atoms with Gasteiger partial charge in [0.15, 0.2) is 17.5 Å². The van der Waals surface area contributed by atoms with E-state index in [1.54, 1.807) is 0 Å². The molecule has 3 heterocycles. The largest absolute Gasteiger partial charge is 0.354 e. The zero-order valence-corrected chi connectivity index (χ0v) is 27.0. The van der Waals surface area contributed by atoms with Crippen molar-refractivity contribution in [2.75, 3.05) is 0 Å². The van der Waals surface area contributed by atoms with Crippen molar-refractivity contribution < 1.29 is 0 Å². The number of H-pyrrole nitrogens is 1. The molecule has 5 heteroatoms. The van der Waals surface area contributed by atoms with Crippen LogP contribution in [-0.4, -0.2) is 24.5 Å². The van der Waals surface area contributed by atoms with Crippen molar-refractivity contribution in [2.45, 2.75) is 0 Å². The summed E-state index contributed by atoms with van der Waals surface area (Å²) >= 11 is 0. The number of aromatic amines is 1. The SMILES string of the molecule is c1ccc(-c2cc(-n3c4ccccc4c4ccccc43)c3c(c2)[nH]c2cccc(-c4nc(-c5ccccc5)nc(-c5ccccc5)n4)c23)cc1. The molecule has 0 amide bonds. The Morgan fingerprint density at radius 1 is 0.380 bits per heavy atom. The summed E-state index contributed by atoms with van der Waals surface area (Å²) in [6.45, 7) is 0. The van der Waals surface area contributed by atoms with Gasteiger partial charge in [0.1, 0.15) is 0 Å². The first kappa shape index (κ1) is 28.2. The predicted molar refractivity (Wildman–Crippen MR) is 205 cm³/mol. The third kappa shape index (κ3) is 4.52. The molecule has 7 aromatic carbocycles. The summed E-state index contributed by atoms with van der Waals surface area (Å²) in [4.78, 5) is 19.1. The third-order valence-electron chi connectivity index (χ3n) is 9.57. The number of nitrogens with one attached hydrogen (secondary N) is 1. The Kier molecular flexibility index (Phi) is 6.42. The Labute approximate surface area is 288 Å². The Balaban J connectivity index is 1.33. The number of aromatic nitrogens is 5. The van der Waals surface area contributed by atoms with Crippen molar-refractivity contribution in [3.8, 4) is 51.0 Å². The van der Waals surface area contributed by atoms with Gasteiger partial charge in [0, 0.05) is 49.3 Å². The Hall–Kier alpha value is -6.85. The smallest absolute Gasteiger partial charge is 0.164 e. The van der Waals surface area contributed by atoms with Crippen LogP contribution in [0.25, 0.3) is 94.6 Å². The van der Waals surface area contributed by atoms with Gasteiger partial charge >= 0.3 is 0 Å². The molecule has 0 bridgehead atoms. The second-order valence-electron chi connectivity index (χ2n) is 12.5. The summed E-state index contributed by atoms with van der Waals surface area (Å²) < 4.78 is 2.42. The van der Waals surface area contributed by atoms with E-state index in [2.05, 4.69) is 119 Å². The van der Waals surface area contributed by atoms with E-state index in [1.165, 1.54) is 10.8 Å². The molecule has 0 spiro atoms. The lowest BCUT2D eigenvalue weighted by Gasteiger charge is -2.14. The molecule has 0 radical (unpaired) electrons. The number of hydrogen-bond donors (Lipinski definition) is 1. The van der Waals surface area contributed by atoms with Crippen molar-refractivity contribution >= 4 is 43.6 Å². The van der Waals surface area contributed by atoms with E-state index in [1.807, 2.05) is 60.7 Å². The minimum absolute atomic E-state index is 0.629. The van der Waals surface area contributed by atoms with Crippen LogP contribution in [0.1, 0.15) is 0 Å². The normalized spacial score (nSPS) is 11.6. The van der Waals surface area contributed by atoms with Gasteiger partial charge in [-0.1, -0.05) is 140 Å². The maximum atomic E-state index is 5.15. The molecule has 0 saturated carbocycles. The lowest BCUT2D eigenvalue weighted by molar-refractivity contribution is 1.08. The van der Waals surface area contributed by atoms with Crippen molar-refractivity contribution in [3.63, 3.8) is 0 Å². The zero-order valence-electron chi connectivity index (χ0n) is 27.0. The topological polar surface area (TPSA) is 59.4 Å². The maximum Gasteiger partial charge on any atom is 0.164 e. The van der Waals surface area contributed by atoms with Gasteiger partial charge in [-0.2, -0.15) is 0 Å². The zero-order chi connectivity index (χ0) is 33.0. The Morgan fingerprint density at radius 2 is 0.900 bits per heavy atom. The van der Waals surface area contributed by atoms with Crippen LogP contribution in [0.2, 0.25) is 0 Å². The van der Waals surface area contributed by atoms with Gasteiger partial charge in [0.05, 0.1) is 16.7 Å². The van der Waals surface area contributed by atoms with Crippen LogP contribution in [0, 0.1) is 0 Å². The minimum Gasteiger partial charge on any atom is -0.354 e. The number of para-hydroxylation sites is 2. The third-order valence-corrected chi connectivity index (χ3v) is 9.57. The van der Waals surface area contributed by atoms with E-state index in [-0.39, 0.29) is 0 Å². The molecule has 50 heavy (non-hydrogen) atoms. The van der Waals surface area contributed by atoms with Gasteiger partial charge in [-0.25, -0.2) is 15.0 Å². The molecular formula is C45H29N5. The van der Waals surface area contributed by atoms with Crippen molar-refractivity contribution in [1.29, 1.82) is 0 Å². The molecule has 0 aliphatic heterocycles. The Morgan fingerprint density at radius 3 is 1.50 bits per heavy atom. The van der Waals surface area contributed by atoms with Crippen LogP contribution in [0.5, 0.6) is 0 Å². The molecule has 0 fully saturated rings. The van der Waals surface area contributed by atoms with E-state index < -0.39 is 0 Å². The molecule has 5 nitrogen and oxygen atoms in total. The van der Waals surface area contributed by atoms with E-state index in [4.69, 9.17) is 15.0 Å². The second kappa shape index (κ2) is 11.4. The highest BCUT2D eigenvalue weighted by atomic mass is 15.0. The van der Waals surface area contributed by atoms with Crippen LogP contribution in [-0.2, 0) is 0 Å². The second-order valence-corrected chi connectivity index (χ2v) is 12.5. The molecule has 0 saturated heterocycles. The lowest BCUT2D eigenvalue weighted by Crippen LogP contribution is -2.00. The Bertz CT molecular complexity index is 2740. The van der Waals surface area contributed by atoms with Crippen molar-refractivity contribution in [1.82, 2.24) is 24.5 Å². The molecule has 10 rings (SSSR count). The van der Waals surface area contributed by atoms with Gasteiger partial charge in [-0.15, -0.1) is 0 Å². The molecule has 0 unspecified atom stereocenters. The summed E-state index contributed by atoms with van der Waals surface area (Å²) in [6.07, 6.45) is 0. The lowest BCUT2D eigenvalue weighted by atomic mass is 9.99. The number of nitrogens with zero attached hydrogens (tertiary/aromatic N) is 4. The van der Waals surface area contributed by atoms with Gasteiger partial charge in [-0.3, -0.25) is 0 Å². The van der Waals surface area contributed by atoms with Crippen LogP contribution in [0.3, 0.4) is 0 Å². The first-order chi connectivity index (χ1) is 24.8. The average molecular weight is 640 g/mol. The average Bonchev–Trinajstić information content (AvgIpc) is 3.74. The highest BCUT2D eigenvalue weighted by Gasteiger charge is 2.22. The molecule has 1 N–H and O–H groups in total. The summed E-state index contributed by atoms with van der Waals surface area (Å²) in [7, 11) is 0. The molecular weight excluding hydrogens is 611 g/mol. The fourth-order valence-corrected chi connectivity index (χ4v) is 7.33. The van der Waals surface area contributed by atoms with Gasteiger partial charge in [-0.05, 0) is 41.5 Å². The standard InChI is InChI=1S/C45H29N5/c1-4-15-29(16-5-1)32-27-37-42(40(28-32)50-38-25-12-10-21-33(38)34-22-11-13-26-39(34)50)41-35(23-14-24-36(41)46-37)45-48-43(30-17-6-2-7-18-30)47-44(49-45)31-19-8-3-9-20-31/h1-28,46H. The molecule has 0 aliphatic carbocycles. The first-order valence-electron chi connectivity index (χ1n) is 16.8. The van der Waals surface area contributed by atoms with Gasteiger partial charge in [0.25, 0.3) is 0 Å². The molecule has 234 valence electrons. The number of benzene rings is 7. The van der Waals surface area contributed by atoms with Crippen molar-refractivity contribution in [2.24, 2.45) is 0 Å². The highest BCUT2D eigenvalue weighted by molar-refractivity contribution is 6.19. The van der Waals surface area contributed by atoms with E-state index >= 15 is 0 Å². The van der Waals surface area contributed by atoms with E-state index in [9.17, 15) is 0 Å². The molecule has 10 aromatic rings. The fourth-order valence-electron chi connectivity index (χ4n) is 7.33. The molecule has 0 aliphatic rings. The van der Waals surface area contributed by atoms with Crippen LogP contribution in [0.15, 0.2) is 170 Å². The minimum atomic E-state index is 0.629. The predicted octanol–water partition coefficient (Wildman–Crippen LogP) is 11.3. The van der Waals surface area contributed by atoms with Crippen LogP contribution < -0.4 is 0 Å². The van der Waals surface area contributed by atoms with Gasteiger partial charge < -0.3 is 9.55 Å². The maximum absolute atomic E-state index is 5.15.